The summed E-state index contributed by atoms with van der Waals surface area (Å²) in [5, 5.41) is 9.48. The molecule has 1 aromatic heterocycles. The molecule has 1 aliphatic heterocycles. The first kappa shape index (κ1) is 24.2. The summed E-state index contributed by atoms with van der Waals surface area (Å²) in [7, 11) is 0. The molecule has 35 heavy (non-hydrogen) atoms. The standard InChI is InChI=1S/C31H34N4/c1-5-9-22(3)17-25(10-6-2)28-15-16-29(32-19-28)20-33-31-23(4)30(34-21-35-31)27-14-13-24-11-7-8-12-26(24)18-27/h6-19,21,29,32H,5,20H2,1-4H3,(H,33,34,35)/b10-6-,22-9+,25-17+. The highest BCUT2D eigenvalue weighted by Crippen LogP contribution is 2.28. The van der Waals surface area contributed by atoms with Gasteiger partial charge in [-0.1, -0.05) is 85.4 Å². The molecule has 0 amide bonds. The molecule has 2 heterocycles. The van der Waals surface area contributed by atoms with E-state index in [9.17, 15) is 0 Å². The highest BCUT2D eigenvalue weighted by Gasteiger charge is 2.13. The summed E-state index contributed by atoms with van der Waals surface area (Å²) in [5.74, 6) is 0.864. The Labute approximate surface area is 208 Å². The summed E-state index contributed by atoms with van der Waals surface area (Å²) in [6.45, 7) is 9.17. The predicted molar refractivity (Wildman–Crippen MR) is 149 cm³/mol. The van der Waals surface area contributed by atoms with Gasteiger partial charge in [-0.2, -0.15) is 0 Å². The van der Waals surface area contributed by atoms with Crippen molar-refractivity contribution in [3.05, 3.63) is 114 Å². The Morgan fingerprint density at radius 2 is 1.94 bits per heavy atom. The molecule has 1 aliphatic rings. The monoisotopic (exact) mass is 462 g/mol. The van der Waals surface area contributed by atoms with Crippen LogP contribution in [-0.4, -0.2) is 22.6 Å². The second-order valence-corrected chi connectivity index (χ2v) is 8.83. The highest BCUT2D eigenvalue weighted by molar-refractivity contribution is 5.87. The Morgan fingerprint density at radius 1 is 1.11 bits per heavy atom. The van der Waals surface area contributed by atoms with Crippen molar-refractivity contribution >= 4 is 16.6 Å². The van der Waals surface area contributed by atoms with Crippen molar-refractivity contribution in [2.45, 2.75) is 40.2 Å². The molecule has 2 aromatic carbocycles. The maximum atomic E-state index is 4.59. The molecule has 1 unspecified atom stereocenters. The van der Waals surface area contributed by atoms with E-state index in [-0.39, 0.29) is 6.04 Å². The van der Waals surface area contributed by atoms with Crippen LogP contribution >= 0.6 is 0 Å². The molecule has 0 fully saturated rings. The number of rotatable bonds is 8. The lowest BCUT2D eigenvalue weighted by Crippen LogP contribution is -2.32. The van der Waals surface area contributed by atoms with Crippen LogP contribution in [0.15, 0.2) is 108 Å². The summed E-state index contributed by atoms with van der Waals surface area (Å²) < 4.78 is 0. The number of fused-ring (bicyclic) bond motifs is 1. The first-order chi connectivity index (χ1) is 17.1. The molecular formula is C31H34N4. The van der Waals surface area contributed by atoms with Crippen LogP contribution < -0.4 is 10.6 Å². The zero-order valence-corrected chi connectivity index (χ0v) is 21.0. The maximum Gasteiger partial charge on any atom is 0.132 e. The van der Waals surface area contributed by atoms with Crippen LogP contribution in [-0.2, 0) is 0 Å². The van der Waals surface area contributed by atoms with Gasteiger partial charge in [0.15, 0.2) is 0 Å². The third-order valence-corrected chi connectivity index (χ3v) is 6.15. The van der Waals surface area contributed by atoms with Gasteiger partial charge < -0.3 is 10.6 Å². The van der Waals surface area contributed by atoms with Crippen molar-refractivity contribution in [2.75, 3.05) is 11.9 Å². The number of aromatic nitrogens is 2. The number of allylic oxidation sites excluding steroid dienone is 8. The molecule has 4 rings (SSSR count). The van der Waals surface area contributed by atoms with Crippen molar-refractivity contribution in [2.24, 2.45) is 0 Å². The van der Waals surface area contributed by atoms with Crippen LogP contribution in [0.4, 0.5) is 5.82 Å². The van der Waals surface area contributed by atoms with Crippen molar-refractivity contribution in [1.82, 2.24) is 15.3 Å². The second-order valence-electron chi connectivity index (χ2n) is 8.83. The number of anilines is 1. The Morgan fingerprint density at radius 3 is 2.69 bits per heavy atom. The van der Waals surface area contributed by atoms with Crippen LogP contribution in [0.5, 0.6) is 0 Å². The van der Waals surface area contributed by atoms with E-state index in [1.165, 1.54) is 27.5 Å². The van der Waals surface area contributed by atoms with Crippen molar-refractivity contribution in [1.29, 1.82) is 0 Å². The largest absolute Gasteiger partial charge is 0.382 e. The molecule has 0 saturated heterocycles. The van der Waals surface area contributed by atoms with E-state index < -0.39 is 0 Å². The first-order valence-corrected chi connectivity index (χ1v) is 12.3. The molecule has 178 valence electrons. The minimum absolute atomic E-state index is 0.177. The lowest BCUT2D eigenvalue weighted by atomic mass is 10.00. The number of hydrogen-bond donors (Lipinski definition) is 2. The fourth-order valence-corrected chi connectivity index (χ4v) is 4.32. The molecule has 2 N–H and O–H groups in total. The summed E-state index contributed by atoms with van der Waals surface area (Å²) in [5.41, 5.74) is 6.77. The van der Waals surface area contributed by atoms with Crippen molar-refractivity contribution < 1.29 is 0 Å². The fraction of sp³-hybridized carbons (Fsp3) is 0.226. The van der Waals surface area contributed by atoms with E-state index in [0.717, 1.165) is 35.6 Å². The molecule has 4 nitrogen and oxygen atoms in total. The third-order valence-electron chi connectivity index (χ3n) is 6.15. The molecule has 0 bridgehead atoms. The van der Waals surface area contributed by atoms with Gasteiger partial charge in [0.2, 0.25) is 0 Å². The quantitative estimate of drug-likeness (QED) is 0.345. The average molecular weight is 463 g/mol. The van der Waals surface area contributed by atoms with Gasteiger partial charge in [-0.25, -0.2) is 9.97 Å². The third kappa shape index (κ3) is 5.96. The lowest BCUT2D eigenvalue weighted by Gasteiger charge is -2.21. The molecule has 0 saturated carbocycles. The number of nitrogens with zero attached hydrogens (tertiary/aromatic N) is 2. The van der Waals surface area contributed by atoms with Crippen molar-refractivity contribution in [3.63, 3.8) is 0 Å². The van der Waals surface area contributed by atoms with Gasteiger partial charge >= 0.3 is 0 Å². The zero-order chi connectivity index (χ0) is 24.6. The molecule has 4 heteroatoms. The minimum atomic E-state index is 0.177. The molecule has 0 radical (unpaired) electrons. The van der Waals surface area contributed by atoms with Crippen LogP contribution in [0.25, 0.3) is 22.0 Å². The first-order valence-electron chi connectivity index (χ1n) is 12.3. The second kappa shape index (κ2) is 11.5. The SMILES string of the molecule is C\C=C/C(=C\C(C)=C\CC)C1=CNC(CNc2ncnc(-c3ccc4ccccc4c3)c2C)C=C1. The average Bonchev–Trinajstić information content (AvgIpc) is 2.88. The van der Waals surface area contributed by atoms with E-state index in [1.54, 1.807) is 6.33 Å². The van der Waals surface area contributed by atoms with Gasteiger partial charge in [-0.15, -0.1) is 0 Å². The maximum absolute atomic E-state index is 4.59. The van der Waals surface area contributed by atoms with Crippen LogP contribution in [0, 0.1) is 6.92 Å². The highest BCUT2D eigenvalue weighted by atomic mass is 15.0. The Bertz CT molecular complexity index is 1340. The summed E-state index contributed by atoms with van der Waals surface area (Å²) in [6.07, 6.45) is 17.9. The van der Waals surface area contributed by atoms with Gasteiger partial charge in [0, 0.05) is 23.9 Å². The van der Waals surface area contributed by atoms with Crippen LogP contribution in [0.2, 0.25) is 0 Å². The van der Waals surface area contributed by atoms with Gasteiger partial charge in [0.05, 0.1) is 11.7 Å². The van der Waals surface area contributed by atoms with Gasteiger partial charge in [-0.3, -0.25) is 0 Å². The molecule has 0 aliphatic carbocycles. The molecule has 1 atom stereocenters. The fourth-order valence-electron chi connectivity index (χ4n) is 4.32. The summed E-state index contributed by atoms with van der Waals surface area (Å²) in [6, 6.07) is 15.0. The van der Waals surface area contributed by atoms with E-state index in [1.807, 2.05) is 0 Å². The van der Waals surface area contributed by atoms with Crippen LogP contribution in [0.1, 0.15) is 32.8 Å². The van der Waals surface area contributed by atoms with Gasteiger partial charge in [0.25, 0.3) is 0 Å². The Kier molecular flexibility index (Phi) is 7.94. The van der Waals surface area contributed by atoms with E-state index in [2.05, 4.69) is 133 Å². The predicted octanol–water partition coefficient (Wildman–Crippen LogP) is 7.29. The minimum Gasteiger partial charge on any atom is -0.382 e. The van der Waals surface area contributed by atoms with Crippen LogP contribution in [0.3, 0.4) is 0 Å². The summed E-state index contributed by atoms with van der Waals surface area (Å²) >= 11 is 0. The number of dihydropyridines is 1. The molecular weight excluding hydrogens is 428 g/mol. The lowest BCUT2D eigenvalue weighted by molar-refractivity contribution is 0.716. The molecule has 0 spiro atoms. The van der Waals surface area contributed by atoms with E-state index in [0.29, 0.717) is 0 Å². The number of nitrogens with one attached hydrogen (secondary N) is 2. The Hall–Kier alpha value is -3.92. The van der Waals surface area contributed by atoms with E-state index >= 15 is 0 Å². The van der Waals surface area contributed by atoms with E-state index in [4.69, 9.17) is 0 Å². The van der Waals surface area contributed by atoms with Crippen molar-refractivity contribution in [3.8, 4) is 11.3 Å². The smallest absolute Gasteiger partial charge is 0.132 e. The number of benzene rings is 2. The van der Waals surface area contributed by atoms with Gasteiger partial charge in [-0.05, 0) is 55.2 Å². The zero-order valence-electron chi connectivity index (χ0n) is 21.0. The summed E-state index contributed by atoms with van der Waals surface area (Å²) in [4.78, 5) is 9.10. The Balaban J connectivity index is 1.45. The number of hydrogen-bond acceptors (Lipinski definition) is 4. The molecule has 3 aromatic rings. The van der Waals surface area contributed by atoms with Gasteiger partial charge in [0.1, 0.15) is 12.1 Å². The normalized spacial score (nSPS) is 16.5. The topological polar surface area (TPSA) is 49.8 Å².